The molecule has 1 atom stereocenters. The molecule has 0 N–H and O–H groups in total. The lowest BCUT2D eigenvalue weighted by molar-refractivity contribution is 0.151. The van der Waals surface area contributed by atoms with E-state index in [0.717, 1.165) is 24.1 Å². The Hall–Kier alpha value is -1.73. The third-order valence-electron chi connectivity index (χ3n) is 5.44. The van der Waals surface area contributed by atoms with E-state index in [9.17, 15) is 8.42 Å². The Balaban J connectivity index is 1.63. The molecule has 1 fully saturated rings. The monoisotopic (exact) mass is 371 g/mol. The largest absolute Gasteiger partial charge is 0.303 e. The average Bonchev–Trinajstić information content (AvgIpc) is 2.68. The minimum absolute atomic E-state index is 0.142. The van der Waals surface area contributed by atoms with Crippen LogP contribution in [0.4, 0.5) is 0 Å². The van der Waals surface area contributed by atoms with Crippen LogP contribution in [0.3, 0.4) is 0 Å². The van der Waals surface area contributed by atoms with Gasteiger partial charge in [-0.15, -0.1) is 0 Å². The molecule has 1 unspecified atom stereocenters. The lowest BCUT2D eigenvalue weighted by Crippen LogP contribution is -2.54. The van der Waals surface area contributed by atoms with E-state index in [1.807, 2.05) is 48.5 Å². The smallest absolute Gasteiger partial charge is 0.282 e. The maximum atomic E-state index is 13.5. The van der Waals surface area contributed by atoms with Gasteiger partial charge in [-0.1, -0.05) is 54.6 Å². The number of benzene rings is 2. The number of likely N-dealkylation sites (N-methyl/N-ethyl adjacent to an activating group) is 1. The summed E-state index contributed by atoms with van der Waals surface area (Å²) in [6.45, 7) is 3.01. The Kier molecular flexibility index (Phi) is 4.84. The zero-order chi connectivity index (χ0) is 18.1. The molecule has 0 bridgehead atoms. The summed E-state index contributed by atoms with van der Waals surface area (Å²) < 4.78 is 30.3. The molecule has 2 aromatic carbocycles. The van der Waals surface area contributed by atoms with Crippen LogP contribution in [-0.4, -0.2) is 55.2 Å². The zero-order valence-electron chi connectivity index (χ0n) is 15.1. The summed E-state index contributed by atoms with van der Waals surface area (Å²) in [4.78, 5) is 2.20. The van der Waals surface area contributed by atoms with E-state index < -0.39 is 10.2 Å². The van der Waals surface area contributed by atoms with Gasteiger partial charge in [-0.25, -0.2) is 0 Å². The summed E-state index contributed by atoms with van der Waals surface area (Å²) >= 11 is 0. The first-order chi connectivity index (χ1) is 12.6. The van der Waals surface area contributed by atoms with Crippen molar-refractivity contribution < 1.29 is 8.42 Å². The first-order valence-electron chi connectivity index (χ1n) is 9.13. The van der Waals surface area contributed by atoms with Gasteiger partial charge >= 0.3 is 0 Å². The summed E-state index contributed by atoms with van der Waals surface area (Å²) in [5.41, 5.74) is 3.43. The number of piperazine rings is 1. The summed E-state index contributed by atoms with van der Waals surface area (Å²) in [5, 5.41) is 0. The van der Waals surface area contributed by atoms with E-state index >= 15 is 0 Å². The van der Waals surface area contributed by atoms with E-state index in [2.05, 4.69) is 18.0 Å². The molecule has 0 amide bonds. The number of rotatable bonds is 3. The van der Waals surface area contributed by atoms with Crippen LogP contribution in [0.2, 0.25) is 0 Å². The quantitative estimate of drug-likeness (QED) is 0.831. The molecular formula is C20H25N3O2S. The van der Waals surface area contributed by atoms with E-state index in [0.29, 0.717) is 26.2 Å². The van der Waals surface area contributed by atoms with Crippen molar-refractivity contribution in [3.05, 3.63) is 71.3 Å². The Morgan fingerprint density at radius 1 is 0.885 bits per heavy atom. The molecule has 0 aliphatic carbocycles. The SMILES string of the molecule is CN1CCN(S(=O)(=O)N2CCc3ccccc3C2)C(c2ccccc2)C1. The number of fused-ring (bicyclic) bond motifs is 1. The second-order valence-corrected chi connectivity index (χ2v) is 9.04. The van der Waals surface area contributed by atoms with Crippen LogP contribution in [-0.2, 0) is 23.2 Å². The lowest BCUT2D eigenvalue weighted by Gasteiger charge is -2.42. The highest BCUT2D eigenvalue weighted by Crippen LogP contribution is 2.31. The van der Waals surface area contributed by atoms with Gasteiger partial charge in [0, 0.05) is 32.7 Å². The van der Waals surface area contributed by atoms with Crippen molar-refractivity contribution in [3.8, 4) is 0 Å². The van der Waals surface area contributed by atoms with Gasteiger partial charge in [-0.05, 0) is 30.2 Å². The van der Waals surface area contributed by atoms with Crippen LogP contribution in [0.1, 0.15) is 22.7 Å². The van der Waals surface area contributed by atoms with Gasteiger partial charge in [-0.3, -0.25) is 0 Å². The lowest BCUT2D eigenvalue weighted by atomic mass is 10.0. The fourth-order valence-corrected chi connectivity index (χ4v) is 5.68. The number of hydrogen-bond donors (Lipinski definition) is 0. The first-order valence-corrected chi connectivity index (χ1v) is 10.5. The van der Waals surface area contributed by atoms with E-state index in [1.165, 1.54) is 5.56 Å². The average molecular weight is 372 g/mol. The molecular weight excluding hydrogens is 346 g/mol. The maximum absolute atomic E-state index is 13.5. The van der Waals surface area contributed by atoms with Gasteiger partial charge < -0.3 is 4.90 Å². The molecule has 2 aliphatic rings. The van der Waals surface area contributed by atoms with Crippen LogP contribution >= 0.6 is 0 Å². The van der Waals surface area contributed by atoms with Gasteiger partial charge in [-0.2, -0.15) is 17.0 Å². The van der Waals surface area contributed by atoms with Crippen LogP contribution in [0, 0.1) is 0 Å². The predicted molar refractivity (Wildman–Crippen MR) is 103 cm³/mol. The van der Waals surface area contributed by atoms with Gasteiger partial charge in [0.1, 0.15) is 0 Å². The summed E-state index contributed by atoms with van der Waals surface area (Å²) in [7, 11) is -1.46. The van der Waals surface area contributed by atoms with Crippen LogP contribution in [0.25, 0.3) is 0 Å². The third-order valence-corrected chi connectivity index (χ3v) is 7.43. The van der Waals surface area contributed by atoms with E-state index in [-0.39, 0.29) is 6.04 Å². The molecule has 0 spiro atoms. The van der Waals surface area contributed by atoms with Crippen molar-refractivity contribution in [3.63, 3.8) is 0 Å². The van der Waals surface area contributed by atoms with Gasteiger partial charge in [0.15, 0.2) is 0 Å². The third kappa shape index (κ3) is 3.30. The van der Waals surface area contributed by atoms with Gasteiger partial charge in [0.2, 0.25) is 0 Å². The van der Waals surface area contributed by atoms with E-state index in [4.69, 9.17) is 0 Å². The minimum Gasteiger partial charge on any atom is -0.303 e. The summed E-state index contributed by atoms with van der Waals surface area (Å²) in [6, 6.07) is 18.0. The molecule has 2 aromatic rings. The van der Waals surface area contributed by atoms with Crippen molar-refractivity contribution in [1.82, 2.24) is 13.5 Å². The fraction of sp³-hybridized carbons (Fsp3) is 0.400. The van der Waals surface area contributed by atoms with Gasteiger partial charge in [0.25, 0.3) is 10.2 Å². The molecule has 0 aromatic heterocycles. The summed E-state index contributed by atoms with van der Waals surface area (Å²) in [5.74, 6) is 0. The summed E-state index contributed by atoms with van der Waals surface area (Å²) in [6.07, 6.45) is 0.777. The number of hydrogen-bond acceptors (Lipinski definition) is 3. The van der Waals surface area contributed by atoms with Gasteiger partial charge in [0.05, 0.1) is 6.04 Å². The highest BCUT2D eigenvalue weighted by atomic mass is 32.2. The molecule has 138 valence electrons. The Morgan fingerprint density at radius 3 is 2.35 bits per heavy atom. The van der Waals surface area contributed by atoms with Crippen molar-refractivity contribution in [2.75, 3.05) is 33.2 Å². The number of nitrogens with zero attached hydrogens (tertiary/aromatic N) is 3. The molecule has 2 heterocycles. The molecule has 0 radical (unpaired) electrons. The standard InChI is InChI=1S/C20H25N3O2S/c1-21-13-14-23(20(16-21)18-8-3-2-4-9-18)26(24,25)22-12-11-17-7-5-6-10-19(17)15-22/h2-10,20H,11-16H2,1H3. The normalized spacial score (nSPS) is 22.9. The molecule has 1 saturated heterocycles. The maximum Gasteiger partial charge on any atom is 0.282 e. The highest BCUT2D eigenvalue weighted by Gasteiger charge is 2.39. The second-order valence-electron chi connectivity index (χ2n) is 7.16. The molecule has 2 aliphatic heterocycles. The zero-order valence-corrected chi connectivity index (χ0v) is 15.9. The van der Waals surface area contributed by atoms with Crippen molar-refractivity contribution in [2.45, 2.75) is 19.0 Å². The molecule has 5 nitrogen and oxygen atoms in total. The van der Waals surface area contributed by atoms with Crippen molar-refractivity contribution in [1.29, 1.82) is 0 Å². The topological polar surface area (TPSA) is 43.9 Å². The van der Waals surface area contributed by atoms with Crippen molar-refractivity contribution in [2.24, 2.45) is 0 Å². The van der Waals surface area contributed by atoms with E-state index in [1.54, 1.807) is 8.61 Å². The Morgan fingerprint density at radius 2 is 1.58 bits per heavy atom. The molecule has 6 heteroatoms. The minimum atomic E-state index is -3.51. The molecule has 0 saturated carbocycles. The Labute approximate surface area is 156 Å². The van der Waals surface area contributed by atoms with Crippen molar-refractivity contribution >= 4 is 10.2 Å². The van der Waals surface area contributed by atoms with Crippen LogP contribution in [0.15, 0.2) is 54.6 Å². The second kappa shape index (κ2) is 7.12. The van der Waals surface area contributed by atoms with Crippen LogP contribution < -0.4 is 0 Å². The Bertz CT molecular complexity index is 870. The first kappa shape index (κ1) is 17.7. The fourth-order valence-electron chi connectivity index (χ4n) is 3.94. The molecule has 26 heavy (non-hydrogen) atoms. The molecule has 4 rings (SSSR count). The van der Waals surface area contributed by atoms with Crippen LogP contribution in [0.5, 0.6) is 0 Å². The highest BCUT2D eigenvalue weighted by molar-refractivity contribution is 7.86. The predicted octanol–water partition coefficient (Wildman–Crippen LogP) is 2.28.